The number of rotatable bonds is 0. The number of benzene rings is 1. The third kappa shape index (κ3) is 1.13. The molecule has 3 N–H and O–H groups in total. The normalized spacial score (nSPS) is 10.8. The summed E-state index contributed by atoms with van der Waals surface area (Å²) < 4.78 is 1.97. The molecule has 2 rings (SSSR count). The van der Waals surface area contributed by atoms with Crippen LogP contribution in [0.25, 0.3) is 10.2 Å². The highest BCUT2D eigenvalue weighted by atomic mass is 32.1. The van der Waals surface area contributed by atoms with Crippen LogP contribution in [0.4, 0.5) is 5.69 Å². The van der Waals surface area contributed by atoms with Crippen LogP contribution in [0, 0.1) is 10.9 Å². The molecule has 4 heteroatoms. The first-order chi connectivity index (χ1) is 5.66. The molecule has 2 nitrogen and oxygen atoms in total. The minimum absolute atomic E-state index is 0.801. The first-order valence-electron chi connectivity index (χ1n) is 3.56. The topological polar surface area (TPSA) is 41.8 Å². The maximum Gasteiger partial charge on any atom is 0.159 e. The van der Waals surface area contributed by atoms with Gasteiger partial charge in [-0.15, -0.1) is 11.3 Å². The molecule has 0 saturated heterocycles. The first-order valence-corrected chi connectivity index (χ1v) is 4.78. The Morgan fingerprint density at radius 1 is 1.50 bits per heavy atom. The Morgan fingerprint density at radius 3 is 3.00 bits per heavy atom. The molecule has 0 atom stereocenters. The second-order valence-corrected chi connectivity index (χ2v) is 4.44. The average Bonchev–Trinajstić information content (AvgIpc) is 2.30. The van der Waals surface area contributed by atoms with E-state index in [1.54, 1.807) is 11.3 Å². The van der Waals surface area contributed by atoms with Crippen molar-refractivity contribution >= 4 is 39.5 Å². The SMILES string of the molecule is Cc1cc2sc(=S)[nH]c2cc1N. The monoisotopic (exact) mass is 196 g/mol. The van der Waals surface area contributed by atoms with Crippen molar-refractivity contribution in [2.45, 2.75) is 6.92 Å². The first kappa shape index (κ1) is 7.76. The zero-order valence-electron chi connectivity index (χ0n) is 6.55. The van der Waals surface area contributed by atoms with Crippen LogP contribution in [0.1, 0.15) is 5.56 Å². The summed E-state index contributed by atoms with van der Waals surface area (Å²) in [7, 11) is 0. The Hall–Kier alpha value is -0.870. The fraction of sp³-hybridized carbons (Fsp3) is 0.125. The van der Waals surface area contributed by atoms with Crippen LogP contribution in [-0.2, 0) is 0 Å². The summed E-state index contributed by atoms with van der Waals surface area (Å²) in [6.07, 6.45) is 0. The predicted octanol–water partition coefficient (Wildman–Crippen LogP) is 2.85. The van der Waals surface area contributed by atoms with Gasteiger partial charge in [-0.1, -0.05) is 0 Å². The van der Waals surface area contributed by atoms with E-state index in [1.165, 1.54) is 4.70 Å². The van der Waals surface area contributed by atoms with Gasteiger partial charge in [0.2, 0.25) is 0 Å². The molecule has 0 unspecified atom stereocenters. The van der Waals surface area contributed by atoms with Crippen molar-refractivity contribution in [1.29, 1.82) is 0 Å². The molecule has 2 aromatic rings. The Labute approximate surface area is 79.0 Å². The standard InChI is InChI=1S/C8H8N2S2/c1-4-2-7-6(3-5(4)9)10-8(11)12-7/h2-3H,9H2,1H3,(H,10,11). The highest BCUT2D eigenvalue weighted by molar-refractivity contribution is 7.73. The van der Waals surface area contributed by atoms with Crippen molar-refractivity contribution < 1.29 is 0 Å². The van der Waals surface area contributed by atoms with E-state index in [1.807, 2.05) is 13.0 Å². The quantitative estimate of drug-likeness (QED) is 0.502. The van der Waals surface area contributed by atoms with Gasteiger partial charge in [-0.3, -0.25) is 0 Å². The third-order valence-corrected chi connectivity index (χ3v) is 3.00. The Bertz CT molecular complexity index is 439. The van der Waals surface area contributed by atoms with Gasteiger partial charge in [0.05, 0.1) is 10.2 Å². The van der Waals surface area contributed by atoms with E-state index in [0.29, 0.717) is 0 Å². The van der Waals surface area contributed by atoms with E-state index in [4.69, 9.17) is 18.0 Å². The highest BCUT2D eigenvalue weighted by Gasteiger charge is 1.99. The van der Waals surface area contributed by atoms with Gasteiger partial charge >= 0.3 is 0 Å². The largest absolute Gasteiger partial charge is 0.398 e. The van der Waals surface area contributed by atoms with Crippen molar-refractivity contribution in [3.8, 4) is 0 Å². The molecule has 0 aliphatic heterocycles. The third-order valence-electron chi connectivity index (χ3n) is 1.81. The lowest BCUT2D eigenvalue weighted by Gasteiger charge is -1.97. The number of fused-ring (bicyclic) bond motifs is 1. The number of H-pyrrole nitrogens is 1. The zero-order valence-corrected chi connectivity index (χ0v) is 8.18. The van der Waals surface area contributed by atoms with Gasteiger partial charge in [-0.25, -0.2) is 0 Å². The molecular weight excluding hydrogens is 188 g/mol. The molecular formula is C8H8N2S2. The number of hydrogen-bond donors (Lipinski definition) is 2. The molecule has 0 radical (unpaired) electrons. The Morgan fingerprint density at radius 2 is 2.25 bits per heavy atom. The lowest BCUT2D eigenvalue weighted by atomic mass is 10.2. The second-order valence-electron chi connectivity index (χ2n) is 2.72. The highest BCUT2D eigenvalue weighted by Crippen LogP contribution is 2.24. The van der Waals surface area contributed by atoms with Gasteiger partial charge in [-0.2, -0.15) is 0 Å². The summed E-state index contributed by atoms with van der Waals surface area (Å²) in [5, 5.41) is 0. The van der Waals surface area contributed by atoms with E-state index in [0.717, 1.165) is 20.7 Å². The predicted molar refractivity (Wildman–Crippen MR) is 56.2 cm³/mol. The maximum atomic E-state index is 5.75. The van der Waals surface area contributed by atoms with E-state index >= 15 is 0 Å². The maximum absolute atomic E-state index is 5.75. The summed E-state index contributed by atoms with van der Waals surface area (Å²) in [5.41, 5.74) is 8.70. The van der Waals surface area contributed by atoms with Crippen LogP contribution in [-0.4, -0.2) is 4.98 Å². The summed E-state index contributed by atoms with van der Waals surface area (Å²) >= 11 is 6.60. The van der Waals surface area contributed by atoms with Gasteiger partial charge in [0.1, 0.15) is 0 Å². The van der Waals surface area contributed by atoms with Crippen LogP contribution >= 0.6 is 23.6 Å². The molecule has 1 aromatic carbocycles. The molecule has 0 spiro atoms. The number of aryl methyl sites for hydroxylation is 1. The molecule has 0 aliphatic carbocycles. The van der Waals surface area contributed by atoms with Gasteiger partial charge in [0, 0.05) is 5.69 Å². The van der Waals surface area contributed by atoms with Crippen LogP contribution < -0.4 is 5.73 Å². The molecule has 0 fully saturated rings. The fourth-order valence-electron chi connectivity index (χ4n) is 1.12. The van der Waals surface area contributed by atoms with Crippen molar-refractivity contribution in [3.05, 3.63) is 21.7 Å². The number of thiazole rings is 1. The number of nitrogens with one attached hydrogen (secondary N) is 1. The second kappa shape index (κ2) is 2.57. The van der Waals surface area contributed by atoms with Gasteiger partial charge < -0.3 is 10.7 Å². The van der Waals surface area contributed by atoms with Crippen molar-refractivity contribution in [2.24, 2.45) is 0 Å². The molecule has 0 bridgehead atoms. The lowest BCUT2D eigenvalue weighted by Crippen LogP contribution is -1.87. The Kier molecular flexibility index (Phi) is 1.66. The van der Waals surface area contributed by atoms with E-state index in [-0.39, 0.29) is 0 Å². The van der Waals surface area contributed by atoms with Crippen molar-refractivity contribution in [2.75, 3.05) is 5.73 Å². The van der Waals surface area contributed by atoms with E-state index in [2.05, 4.69) is 11.1 Å². The van der Waals surface area contributed by atoms with E-state index < -0.39 is 0 Å². The van der Waals surface area contributed by atoms with Crippen LogP contribution in [0.2, 0.25) is 0 Å². The summed E-state index contributed by atoms with van der Waals surface area (Å²) in [6, 6.07) is 3.98. The van der Waals surface area contributed by atoms with Crippen molar-refractivity contribution in [1.82, 2.24) is 4.98 Å². The summed E-state index contributed by atoms with van der Waals surface area (Å²) in [4.78, 5) is 3.08. The minimum atomic E-state index is 0.801. The van der Waals surface area contributed by atoms with E-state index in [9.17, 15) is 0 Å². The molecule has 1 heterocycles. The zero-order chi connectivity index (χ0) is 8.72. The van der Waals surface area contributed by atoms with Gasteiger partial charge in [0.25, 0.3) is 0 Å². The van der Waals surface area contributed by atoms with Crippen LogP contribution in [0.15, 0.2) is 12.1 Å². The molecule has 0 saturated carbocycles. The summed E-state index contributed by atoms with van der Waals surface area (Å²) in [6.45, 7) is 2.00. The number of hydrogen-bond acceptors (Lipinski definition) is 3. The molecule has 62 valence electrons. The van der Waals surface area contributed by atoms with Gasteiger partial charge in [-0.05, 0) is 36.8 Å². The molecule has 12 heavy (non-hydrogen) atoms. The van der Waals surface area contributed by atoms with Crippen LogP contribution in [0.5, 0.6) is 0 Å². The fourth-order valence-corrected chi connectivity index (χ4v) is 2.31. The molecule has 0 amide bonds. The molecule has 1 aromatic heterocycles. The number of nitrogen functional groups attached to an aromatic ring is 1. The van der Waals surface area contributed by atoms with Gasteiger partial charge in [0.15, 0.2) is 3.95 Å². The van der Waals surface area contributed by atoms with Crippen molar-refractivity contribution in [3.63, 3.8) is 0 Å². The van der Waals surface area contributed by atoms with Crippen LogP contribution in [0.3, 0.4) is 0 Å². The summed E-state index contributed by atoms with van der Waals surface area (Å²) in [5.74, 6) is 0. The molecule has 0 aliphatic rings. The smallest absolute Gasteiger partial charge is 0.159 e. The lowest BCUT2D eigenvalue weighted by molar-refractivity contribution is 1.45. The number of nitrogens with two attached hydrogens (primary N) is 1. The number of aromatic nitrogens is 1. The minimum Gasteiger partial charge on any atom is -0.398 e. The number of anilines is 1. The Balaban J connectivity index is 2.92. The number of aromatic amines is 1. The average molecular weight is 196 g/mol.